The van der Waals surface area contributed by atoms with Crippen LogP contribution in [-0.2, 0) is 10.0 Å². The molecule has 2 N–H and O–H groups in total. The van der Waals surface area contributed by atoms with E-state index >= 15 is 0 Å². The van der Waals surface area contributed by atoms with Gasteiger partial charge in [0.15, 0.2) is 0 Å². The zero-order chi connectivity index (χ0) is 24.8. The number of benzene rings is 2. The average molecular weight is 508 g/mol. The third kappa shape index (κ3) is 4.56. The number of urea groups is 1. The van der Waals surface area contributed by atoms with E-state index in [1.54, 1.807) is 16.4 Å². The average Bonchev–Trinajstić information content (AvgIpc) is 3.03. The largest absolute Gasteiger partial charge is 0.338 e. The van der Waals surface area contributed by atoms with E-state index in [0.717, 1.165) is 48.6 Å². The Morgan fingerprint density at radius 3 is 2.31 bits per heavy atom. The summed E-state index contributed by atoms with van der Waals surface area (Å²) in [6.45, 7) is 1.59. The first-order valence-electron chi connectivity index (χ1n) is 13.6. The molecule has 0 aromatic heterocycles. The third-order valence-electron chi connectivity index (χ3n) is 9.38. The second kappa shape index (κ2) is 9.49. The molecule has 1 aliphatic heterocycles. The van der Waals surface area contributed by atoms with Gasteiger partial charge in [-0.1, -0.05) is 42.5 Å². The van der Waals surface area contributed by atoms with E-state index in [-0.39, 0.29) is 11.6 Å². The quantitative estimate of drug-likeness (QED) is 0.576. The number of hydrogen-bond donors (Lipinski definition) is 2. The van der Waals surface area contributed by atoms with Gasteiger partial charge in [0.25, 0.3) is 0 Å². The highest BCUT2D eigenvalue weighted by Crippen LogP contribution is 2.57. The molecule has 1 heterocycles. The van der Waals surface area contributed by atoms with Crippen molar-refractivity contribution < 1.29 is 13.2 Å². The van der Waals surface area contributed by atoms with Gasteiger partial charge in [-0.3, -0.25) is 0 Å². The lowest BCUT2D eigenvalue weighted by molar-refractivity contribution is 0.109. The lowest BCUT2D eigenvalue weighted by atomic mass is 9.67. The van der Waals surface area contributed by atoms with Crippen molar-refractivity contribution in [2.75, 3.05) is 19.6 Å². The lowest BCUT2D eigenvalue weighted by Gasteiger charge is -2.46. The number of carbonyl (C=O) groups is 1. The molecular weight excluding hydrogens is 470 g/mol. The van der Waals surface area contributed by atoms with Crippen LogP contribution in [0.5, 0.6) is 0 Å². The lowest BCUT2D eigenvalue weighted by Crippen LogP contribution is -2.58. The highest BCUT2D eigenvalue weighted by molar-refractivity contribution is 7.89. The number of carbonyl (C=O) groups excluding carboxylic acids is 1. The third-order valence-corrected chi connectivity index (χ3v) is 11.3. The Morgan fingerprint density at radius 2 is 1.56 bits per heavy atom. The minimum Gasteiger partial charge on any atom is -0.338 e. The van der Waals surface area contributed by atoms with Crippen molar-refractivity contribution >= 4 is 16.1 Å². The maximum absolute atomic E-state index is 13.2. The van der Waals surface area contributed by atoms with E-state index < -0.39 is 10.0 Å². The molecule has 4 aliphatic rings. The molecule has 0 radical (unpaired) electrons. The van der Waals surface area contributed by atoms with Crippen molar-refractivity contribution in [1.82, 2.24) is 14.9 Å². The zero-order valence-corrected chi connectivity index (χ0v) is 21.7. The topological polar surface area (TPSA) is 78.5 Å². The number of nitrogens with zero attached hydrogens (tertiary/aromatic N) is 1. The molecule has 2 amide bonds. The Bertz CT molecular complexity index is 1190. The van der Waals surface area contributed by atoms with E-state index in [2.05, 4.69) is 10.6 Å². The summed E-state index contributed by atoms with van der Waals surface area (Å²) in [6, 6.07) is 17.1. The Kier molecular flexibility index (Phi) is 6.32. The van der Waals surface area contributed by atoms with Gasteiger partial charge >= 0.3 is 6.03 Å². The first-order valence-corrected chi connectivity index (χ1v) is 15.1. The van der Waals surface area contributed by atoms with Gasteiger partial charge in [0.2, 0.25) is 10.0 Å². The van der Waals surface area contributed by atoms with Gasteiger partial charge in [-0.25, -0.2) is 13.2 Å². The number of nitrogens with one attached hydrogen (secondary N) is 2. The predicted octanol–water partition coefficient (Wildman–Crippen LogP) is 5.02. The maximum atomic E-state index is 13.2. The SMILES string of the molecule is O=C(NCC1CCN(S(=O)(=O)c2ccc(-c3ccccc3)cc2)CC1)NC12CC3C[C@@H](CC[C@H]1C3)C2. The van der Waals surface area contributed by atoms with Gasteiger partial charge in [0, 0.05) is 25.2 Å². The number of piperidine rings is 1. The molecular formula is C29H37N3O3S. The van der Waals surface area contributed by atoms with Gasteiger partial charge in [-0.15, -0.1) is 0 Å². The normalized spacial score (nSPS) is 30.3. The zero-order valence-electron chi connectivity index (χ0n) is 20.9. The second-order valence-corrected chi connectivity index (χ2v) is 13.6. The number of sulfonamides is 1. The summed E-state index contributed by atoms with van der Waals surface area (Å²) < 4.78 is 28.0. The number of amides is 2. The molecule has 2 unspecified atom stereocenters. The minimum atomic E-state index is -3.51. The Hall–Kier alpha value is -2.38. The first kappa shape index (κ1) is 24.0. The maximum Gasteiger partial charge on any atom is 0.315 e. The van der Waals surface area contributed by atoms with E-state index in [0.29, 0.717) is 36.4 Å². The smallest absolute Gasteiger partial charge is 0.315 e. The minimum absolute atomic E-state index is 0.0308. The fourth-order valence-corrected chi connectivity index (χ4v) is 9.08. The van der Waals surface area contributed by atoms with Crippen molar-refractivity contribution in [2.45, 2.75) is 61.8 Å². The number of rotatable bonds is 6. The Balaban J connectivity index is 0.999. The molecule has 3 bridgehead atoms. The summed E-state index contributed by atoms with van der Waals surface area (Å²) in [6.07, 6.45) is 9.10. The van der Waals surface area contributed by atoms with Crippen molar-refractivity contribution in [3.63, 3.8) is 0 Å². The van der Waals surface area contributed by atoms with Gasteiger partial charge in [-0.05, 0) is 98.3 Å². The molecule has 36 heavy (non-hydrogen) atoms. The van der Waals surface area contributed by atoms with E-state index in [4.69, 9.17) is 0 Å². The van der Waals surface area contributed by atoms with Crippen molar-refractivity contribution in [3.05, 3.63) is 54.6 Å². The summed E-state index contributed by atoms with van der Waals surface area (Å²) in [7, 11) is -3.51. The van der Waals surface area contributed by atoms with Gasteiger partial charge < -0.3 is 10.6 Å². The molecule has 3 aliphatic carbocycles. The molecule has 2 aromatic carbocycles. The second-order valence-electron chi connectivity index (χ2n) is 11.6. The molecule has 2 aromatic rings. The van der Waals surface area contributed by atoms with Gasteiger partial charge in [0.05, 0.1) is 4.90 Å². The summed E-state index contributed by atoms with van der Waals surface area (Å²) in [5.74, 6) is 2.56. The van der Waals surface area contributed by atoms with Crippen LogP contribution in [-0.4, -0.2) is 43.9 Å². The van der Waals surface area contributed by atoms with E-state index in [1.165, 1.54) is 25.7 Å². The molecule has 6 rings (SSSR count). The standard InChI is InChI=1S/C29H37N3O3S/c33-28(31-29-18-22-6-9-26(29)17-23(16-22)19-29)30-20-21-12-14-32(15-13-21)36(34,35)27-10-7-25(8-11-27)24-4-2-1-3-5-24/h1-5,7-8,10-11,21-23,26H,6,9,12-20H2,(H2,30,31,33)/t22-,23?,26+,29?/m1/s1. The van der Waals surface area contributed by atoms with Crippen LogP contribution in [0.1, 0.15) is 51.4 Å². The molecule has 0 spiro atoms. The van der Waals surface area contributed by atoms with E-state index in [9.17, 15) is 13.2 Å². The Labute approximate surface area is 214 Å². The van der Waals surface area contributed by atoms with Crippen molar-refractivity contribution in [3.8, 4) is 11.1 Å². The van der Waals surface area contributed by atoms with Crippen LogP contribution >= 0.6 is 0 Å². The fraction of sp³-hybridized carbons (Fsp3) is 0.552. The van der Waals surface area contributed by atoms with Gasteiger partial charge in [0.1, 0.15) is 0 Å². The predicted molar refractivity (Wildman–Crippen MR) is 141 cm³/mol. The highest BCUT2D eigenvalue weighted by atomic mass is 32.2. The summed E-state index contributed by atoms with van der Waals surface area (Å²) in [5.41, 5.74) is 2.11. The molecule has 6 nitrogen and oxygen atoms in total. The van der Waals surface area contributed by atoms with Crippen LogP contribution in [0.25, 0.3) is 11.1 Å². The molecule has 4 fully saturated rings. The summed E-state index contributed by atoms with van der Waals surface area (Å²) in [4.78, 5) is 13.2. The van der Waals surface area contributed by atoms with Crippen LogP contribution in [0.15, 0.2) is 59.5 Å². The first-order chi connectivity index (χ1) is 17.4. The van der Waals surface area contributed by atoms with Gasteiger partial charge in [-0.2, -0.15) is 4.31 Å². The number of hydrogen-bond acceptors (Lipinski definition) is 3. The number of fused-ring (bicyclic) bond motifs is 2. The van der Waals surface area contributed by atoms with Crippen LogP contribution in [0.2, 0.25) is 0 Å². The fourth-order valence-electron chi connectivity index (χ4n) is 7.61. The molecule has 7 heteroatoms. The van der Waals surface area contributed by atoms with Crippen molar-refractivity contribution in [2.24, 2.45) is 23.7 Å². The van der Waals surface area contributed by atoms with Crippen LogP contribution < -0.4 is 10.6 Å². The highest BCUT2D eigenvalue weighted by Gasteiger charge is 2.55. The molecule has 4 atom stereocenters. The molecule has 1 saturated heterocycles. The van der Waals surface area contributed by atoms with Crippen molar-refractivity contribution in [1.29, 1.82) is 0 Å². The van der Waals surface area contributed by atoms with E-state index in [1.807, 2.05) is 42.5 Å². The van der Waals surface area contributed by atoms with Crippen LogP contribution in [0.3, 0.4) is 0 Å². The molecule has 3 saturated carbocycles. The molecule has 192 valence electrons. The van der Waals surface area contributed by atoms with Crippen LogP contribution in [0.4, 0.5) is 4.79 Å². The van der Waals surface area contributed by atoms with Crippen LogP contribution in [0, 0.1) is 23.7 Å². The Morgan fingerprint density at radius 1 is 0.861 bits per heavy atom. The summed E-state index contributed by atoms with van der Waals surface area (Å²) in [5, 5.41) is 6.54. The monoisotopic (exact) mass is 507 g/mol. The summed E-state index contributed by atoms with van der Waals surface area (Å²) >= 11 is 0.